The average Bonchev–Trinajstić information content (AvgIpc) is 2.58. The average molecular weight is 388 g/mol. The van der Waals surface area contributed by atoms with Gasteiger partial charge in [0.05, 0.1) is 5.69 Å². The summed E-state index contributed by atoms with van der Waals surface area (Å²) in [5.74, 6) is -2.24. The highest BCUT2D eigenvalue weighted by atomic mass is 79.9. The summed E-state index contributed by atoms with van der Waals surface area (Å²) in [7, 11) is 0. The van der Waals surface area contributed by atoms with Gasteiger partial charge >= 0.3 is 0 Å². The van der Waals surface area contributed by atoms with E-state index in [1.54, 1.807) is 0 Å². The van der Waals surface area contributed by atoms with Crippen molar-refractivity contribution in [3.8, 4) is 0 Å². The minimum Gasteiger partial charge on any atom is -0.325 e. The monoisotopic (exact) mass is 387 g/mol. The van der Waals surface area contributed by atoms with Crippen LogP contribution in [0.3, 0.4) is 0 Å². The van der Waals surface area contributed by atoms with Gasteiger partial charge < -0.3 is 5.32 Å². The van der Waals surface area contributed by atoms with Gasteiger partial charge in [0.15, 0.2) is 11.6 Å². The minimum absolute atomic E-state index is 0.135. The number of hydrogen-bond acceptors (Lipinski definition) is 1. The van der Waals surface area contributed by atoms with Crippen molar-refractivity contribution in [3.05, 3.63) is 75.8 Å². The third-order valence-corrected chi connectivity index (χ3v) is 5.06. The molecule has 1 heterocycles. The molecule has 4 rings (SSSR count). The third kappa shape index (κ3) is 2.40. The first kappa shape index (κ1) is 15.3. The summed E-state index contributed by atoms with van der Waals surface area (Å²) in [6.45, 7) is 0. The van der Waals surface area contributed by atoms with Crippen molar-refractivity contribution >= 4 is 38.3 Å². The summed E-state index contributed by atoms with van der Waals surface area (Å²) in [6, 6.07) is 13.5. The van der Waals surface area contributed by atoms with E-state index in [0.29, 0.717) is 5.56 Å². The van der Waals surface area contributed by atoms with Crippen LogP contribution < -0.4 is 5.32 Å². The Morgan fingerprint density at radius 2 is 1.75 bits per heavy atom. The highest BCUT2D eigenvalue weighted by molar-refractivity contribution is 9.10. The number of hydrogen-bond donors (Lipinski definition) is 1. The molecule has 120 valence electrons. The van der Waals surface area contributed by atoms with Crippen molar-refractivity contribution < 1.29 is 13.6 Å². The lowest BCUT2D eigenvalue weighted by Crippen LogP contribution is -2.24. The van der Waals surface area contributed by atoms with E-state index in [0.717, 1.165) is 32.6 Å². The van der Waals surface area contributed by atoms with Gasteiger partial charge in [0.25, 0.3) is 0 Å². The summed E-state index contributed by atoms with van der Waals surface area (Å²) in [5, 5.41) is 4.84. The number of amides is 1. The summed E-state index contributed by atoms with van der Waals surface area (Å²) in [5.41, 5.74) is 2.22. The predicted molar refractivity (Wildman–Crippen MR) is 93.1 cm³/mol. The van der Waals surface area contributed by atoms with Crippen molar-refractivity contribution in [2.75, 3.05) is 5.32 Å². The van der Waals surface area contributed by atoms with E-state index in [9.17, 15) is 13.6 Å². The Balaban J connectivity index is 1.97. The molecule has 0 saturated heterocycles. The highest BCUT2D eigenvalue weighted by Crippen LogP contribution is 2.43. The Kier molecular flexibility index (Phi) is 3.61. The van der Waals surface area contributed by atoms with E-state index < -0.39 is 11.6 Å². The smallest absolute Gasteiger partial charge is 0.225 e. The number of halogens is 3. The van der Waals surface area contributed by atoms with Gasteiger partial charge in [0.1, 0.15) is 0 Å². The van der Waals surface area contributed by atoms with Crippen LogP contribution in [0.1, 0.15) is 23.5 Å². The molecule has 0 spiro atoms. The van der Waals surface area contributed by atoms with Crippen LogP contribution >= 0.6 is 15.9 Å². The van der Waals surface area contributed by atoms with E-state index in [1.165, 1.54) is 12.1 Å². The number of nitrogens with one attached hydrogen (secondary N) is 1. The van der Waals surface area contributed by atoms with Gasteiger partial charge in [0.2, 0.25) is 5.91 Å². The number of carbonyl (C=O) groups excluding carboxylic acids is 1. The summed E-state index contributed by atoms with van der Waals surface area (Å²) in [4.78, 5) is 12.2. The molecule has 1 amide bonds. The fourth-order valence-electron chi connectivity index (χ4n) is 3.28. The molecule has 5 heteroatoms. The predicted octanol–water partition coefficient (Wildman–Crippen LogP) is 5.35. The number of fused-ring (bicyclic) bond motifs is 3. The zero-order valence-corrected chi connectivity index (χ0v) is 14.0. The van der Waals surface area contributed by atoms with Crippen LogP contribution in [0.2, 0.25) is 0 Å². The molecule has 2 nitrogen and oxygen atoms in total. The molecular weight excluding hydrogens is 376 g/mol. The van der Waals surface area contributed by atoms with Gasteiger partial charge in [-0.05, 0) is 34.7 Å². The molecule has 1 atom stereocenters. The molecule has 0 unspecified atom stereocenters. The van der Waals surface area contributed by atoms with Crippen LogP contribution in [0.15, 0.2) is 53.0 Å². The van der Waals surface area contributed by atoms with Gasteiger partial charge in [-0.2, -0.15) is 0 Å². The molecule has 1 aliphatic heterocycles. The third-order valence-electron chi connectivity index (χ3n) is 4.40. The highest BCUT2D eigenvalue weighted by Gasteiger charge is 2.29. The number of anilines is 1. The first-order valence-corrected chi connectivity index (χ1v) is 8.30. The maximum Gasteiger partial charge on any atom is 0.225 e. The fourth-order valence-corrected chi connectivity index (χ4v) is 3.87. The molecule has 0 radical (unpaired) electrons. The zero-order chi connectivity index (χ0) is 16.8. The summed E-state index contributed by atoms with van der Waals surface area (Å²) >= 11 is 3.57. The number of benzene rings is 3. The maximum absolute atomic E-state index is 13.7. The van der Waals surface area contributed by atoms with Crippen molar-refractivity contribution in [2.45, 2.75) is 12.3 Å². The second-order valence-electron chi connectivity index (χ2n) is 5.85. The van der Waals surface area contributed by atoms with Gasteiger partial charge in [-0.15, -0.1) is 0 Å². The summed E-state index contributed by atoms with van der Waals surface area (Å²) in [6.07, 6.45) is 0.197. The van der Waals surface area contributed by atoms with Crippen LogP contribution in [0, 0.1) is 11.6 Å². The van der Waals surface area contributed by atoms with Gasteiger partial charge in [0, 0.05) is 22.2 Å². The molecule has 1 N–H and O–H groups in total. The molecule has 0 fully saturated rings. The first-order chi connectivity index (χ1) is 11.5. The van der Waals surface area contributed by atoms with Gasteiger partial charge in [-0.25, -0.2) is 8.78 Å². The molecule has 0 saturated carbocycles. The Hall–Kier alpha value is -2.27. The molecule has 1 aliphatic rings. The van der Waals surface area contributed by atoms with Crippen LogP contribution in [0.4, 0.5) is 14.5 Å². The van der Waals surface area contributed by atoms with E-state index >= 15 is 0 Å². The van der Waals surface area contributed by atoms with E-state index in [-0.39, 0.29) is 18.2 Å². The molecule has 3 aromatic rings. The van der Waals surface area contributed by atoms with Gasteiger partial charge in [-0.3, -0.25) is 4.79 Å². The maximum atomic E-state index is 13.7. The number of carbonyl (C=O) groups is 1. The Morgan fingerprint density at radius 1 is 1.00 bits per heavy atom. The lowest BCUT2D eigenvalue weighted by atomic mass is 9.83. The molecule has 0 aliphatic carbocycles. The van der Waals surface area contributed by atoms with Crippen molar-refractivity contribution in [3.63, 3.8) is 0 Å². The largest absolute Gasteiger partial charge is 0.325 e. The molecular formula is C19H12BrF2NO. The standard InChI is InChI=1S/C19H12BrF2NO/c20-15-8-14-13(10-5-6-16(21)17(22)7-10)9-18(24)23-19(14)12-4-2-1-3-11(12)15/h1-8,13H,9H2,(H,23,24)/t13-/m0/s1. The Morgan fingerprint density at radius 3 is 2.50 bits per heavy atom. The van der Waals surface area contributed by atoms with Crippen LogP contribution in [0.25, 0.3) is 10.8 Å². The molecule has 0 aromatic heterocycles. The minimum atomic E-state index is -0.903. The lowest BCUT2D eigenvalue weighted by molar-refractivity contribution is -0.116. The van der Waals surface area contributed by atoms with E-state index in [1.807, 2.05) is 30.3 Å². The zero-order valence-electron chi connectivity index (χ0n) is 12.4. The van der Waals surface area contributed by atoms with E-state index in [4.69, 9.17) is 0 Å². The molecule has 24 heavy (non-hydrogen) atoms. The SMILES string of the molecule is O=C1C[C@@H](c2ccc(F)c(F)c2)c2cc(Br)c3ccccc3c2N1. The fraction of sp³-hybridized carbons (Fsp3) is 0.105. The van der Waals surface area contributed by atoms with Crippen molar-refractivity contribution in [1.29, 1.82) is 0 Å². The second-order valence-corrected chi connectivity index (χ2v) is 6.70. The quantitative estimate of drug-likeness (QED) is 0.598. The first-order valence-electron chi connectivity index (χ1n) is 7.50. The molecule has 0 bridgehead atoms. The van der Waals surface area contributed by atoms with Crippen LogP contribution in [-0.4, -0.2) is 5.91 Å². The second kappa shape index (κ2) is 5.67. The van der Waals surface area contributed by atoms with Crippen LogP contribution in [-0.2, 0) is 4.79 Å². The van der Waals surface area contributed by atoms with Crippen molar-refractivity contribution in [1.82, 2.24) is 0 Å². The van der Waals surface area contributed by atoms with E-state index in [2.05, 4.69) is 21.2 Å². The number of rotatable bonds is 1. The Bertz CT molecular complexity index is 987. The van der Waals surface area contributed by atoms with Crippen molar-refractivity contribution in [2.24, 2.45) is 0 Å². The van der Waals surface area contributed by atoms with Crippen LogP contribution in [0.5, 0.6) is 0 Å². The molecule has 3 aromatic carbocycles. The van der Waals surface area contributed by atoms with Gasteiger partial charge in [-0.1, -0.05) is 46.3 Å². The Labute approximate surface area is 145 Å². The normalized spacial score (nSPS) is 16.8. The lowest BCUT2D eigenvalue weighted by Gasteiger charge is -2.28. The summed E-state index contributed by atoms with van der Waals surface area (Å²) < 4.78 is 27.8. The topological polar surface area (TPSA) is 29.1 Å².